The molecule has 1 aliphatic carbocycles. The number of halogens is 3. The minimum atomic E-state index is -4.32. The van der Waals surface area contributed by atoms with Crippen LogP contribution in [0.1, 0.15) is 56.1 Å². The van der Waals surface area contributed by atoms with Gasteiger partial charge in [0.05, 0.1) is 5.56 Å². The number of benzene rings is 1. The van der Waals surface area contributed by atoms with Crippen LogP contribution in [0.25, 0.3) is 0 Å². The average molecular weight is 383 g/mol. The maximum Gasteiger partial charge on any atom is 0.416 e. The van der Waals surface area contributed by atoms with Crippen molar-refractivity contribution in [1.29, 1.82) is 0 Å². The summed E-state index contributed by atoms with van der Waals surface area (Å²) in [7, 11) is 0. The van der Waals surface area contributed by atoms with E-state index in [9.17, 15) is 23.1 Å². The Morgan fingerprint density at radius 2 is 1.70 bits per heavy atom. The molecule has 1 saturated carbocycles. The van der Waals surface area contributed by atoms with Crippen molar-refractivity contribution in [2.24, 2.45) is 17.8 Å². The van der Waals surface area contributed by atoms with Gasteiger partial charge in [-0.3, -0.25) is 9.69 Å². The van der Waals surface area contributed by atoms with Crippen LogP contribution < -0.4 is 0 Å². The third kappa shape index (κ3) is 5.71. The van der Waals surface area contributed by atoms with Crippen LogP contribution in [-0.4, -0.2) is 29.1 Å². The Hall–Kier alpha value is -1.56. The Morgan fingerprint density at radius 1 is 1.04 bits per heavy atom. The van der Waals surface area contributed by atoms with E-state index in [1.807, 2.05) is 0 Å². The Morgan fingerprint density at radius 3 is 2.30 bits per heavy atom. The van der Waals surface area contributed by atoms with Crippen LogP contribution in [0.4, 0.5) is 13.2 Å². The topological polar surface area (TPSA) is 40.5 Å². The van der Waals surface area contributed by atoms with E-state index in [1.54, 1.807) is 12.1 Å². The maximum atomic E-state index is 12.7. The van der Waals surface area contributed by atoms with E-state index in [2.05, 4.69) is 4.90 Å². The summed E-state index contributed by atoms with van der Waals surface area (Å²) in [5.74, 6) is 0.514. The standard InChI is InChI=1S/C21H28F3NO2/c22-21(23,24)19-8-6-15(7-9-19)12-25-13-16(11-20(26)27)10-18(14-25)17-4-2-1-3-5-17/h6-9,16-18H,1-5,10-14H2,(H,26,27)/t16-,18+/m1/s1. The van der Waals surface area contributed by atoms with Gasteiger partial charge in [0.25, 0.3) is 0 Å². The maximum absolute atomic E-state index is 12.7. The molecule has 0 radical (unpaired) electrons. The molecule has 150 valence electrons. The molecule has 0 bridgehead atoms. The number of carboxylic acid groups (broad SMARTS) is 1. The molecule has 2 atom stereocenters. The third-order valence-corrected chi connectivity index (χ3v) is 6.11. The fraction of sp³-hybridized carbons (Fsp3) is 0.667. The van der Waals surface area contributed by atoms with Gasteiger partial charge in [0.2, 0.25) is 0 Å². The summed E-state index contributed by atoms with van der Waals surface area (Å²) in [6, 6.07) is 5.34. The van der Waals surface area contributed by atoms with Gasteiger partial charge in [0.1, 0.15) is 0 Å². The van der Waals surface area contributed by atoms with Crippen molar-refractivity contribution >= 4 is 5.97 Å². The number of likely N-dealkylation sites (tertiary alicyclic amines) is 1. The summed E-state index contributed by atoms with van der Waals surface area (Å²) in [4.78, 5) is 13.5. The smallest absolute Gasteiger partial charge is 0.416 e. The molecule has 1 heterocycles. The van der Waals surface area contributed by atoms with Crippen LogP contribution in [0.3, 0.4) is 0 Å². The predicted octanol–water partition coefficient (Wildman–Crippen LogP) is 5.20. The summed E-state index contributed by atoms with van der Waals surface area (Å²) < 4.78 is 38.2. The summed E-state index contributed by atoms with van der Waals surface area (Å²) in [5, 5.41) is 9.22. The number of piperidine rings is 1. The third-order valence-electron chi connectivity index (χ3n) is 6.11. The molecule has 0 unspecified atom stereocenters. The molecule has 1 aromatic carbocycles. The van der Waals surface area contributed by atoms with Crippen molar-refractivity contribution < 1.29 is 23.1 Å². The molecule has 2 aliphatic rings. The first-order valence-electron chi connectivity index (χ1n) is 9.91. The molecule has 1 N–H and O–H groups in total. The predicted molar refractivity (Wildman–Crippen MR) is 97.1 cm³/mol. The number of hydrogen-bond donors (Lipinski definition) is 1. The highest BCUT2D eigenvalue weighted by atomic mass is 19.4. The molecule has 0 amide bonds. The van der Waals surface area contributed by atoms with E-state index in [4.69, 9.17) is 0 Å². The van der Waals surface area contributed by atoms with E-state index >= 15 is 0 Å². The molecule has 3 nitrogen and oxygen atoms in total. The van der Waals surface area contributed by atoms with Gasteiger partial charge < -0.3 is 5.11 Å². The molecule has 1 aromatic rings. The normalized spacial score (nSPS) is 25.4. The summed E-state index contributed by atoms with van der Waals surface area (Å²) in [6.45, 7) is 2.20. The van der Waals surface area contributed by atoms with E-state index in [1.165, 1.54) is 32.1 Å². The largest absolute Gasteiger partial charge is 0.481 e. The van der Waals surface area contributed by atoms with Crippen molar-refractivity contribution in [1.82, 2.24) is 4.90 Å². The Balaban J connectivity index is 1.67. The summed E-state index contributed by atoms with van der Waals surface area (Å²) >= 11 is 0. The molecule has 0 spiro atoms. The van der Waals surface area contributed by atoms with Crippen LogP contribution in [0.15, 0.2) is 24.3 Å². The first-order valence-corrected chi connectivity index (χ1v) is 9.91. The first-order chi connectivity index (χ1) is 12.8. The lowest BCUT2D eigenvalue weighted by Crippen LogP contribution is -2.43. The van der Waals surface area contributed by atoms with Crippen LogP contribution in [0, 0.1) is 17.8 Å². The number of alkyl halides is 3. The molecular weight excluding hydrogens is 355 g/mol. The number of nitrogens with zero attached hydrogens (tertiary/aromatic N) is 1. The second kappa shape index (κ2) is 8.63. The van der Waals surface area contributed by atoms with Crippen molar-refractivity contribution in [3.8, 4) is 0 Å². The van der Waals surface area contributed by atoms with E-state index < -0.39 is 17.7 Å². The van der Waals surface area contributed by atoms with Gasteiger partial charge in [0, 0.05) is 26.1 Å². The van der Waals surface area contributed by atoms with E-state index in [0.717, 1.165) is 30.7 Å². The zero-order chi connectivity index (χ0) is 19.4. The molecule has 27 heavy (non-hydrogen) atoms. The van der Waals surface area contributed by atoms with Crippen molar-refractivity contribution in [3.63, 3.8) is 0 Å². The lowest BCUT2D eigenvalue weighted by molar-refractivity contribution is -0.139. The van der Waals surface area contributed by atoms with Crippen molar-refractivity contribution in [2.75, 3.05) is 13.1 Å². The van der Waals surface area contributed by atoms with E-state index in [0.29, 0.717) is 24.9 Å². The number of hydrogen-bond acceptors (Lipinski definition) is 2. The highest BCUT2D eigenvalue weighted by molar-refractivity contribution is 5.67. The van der Waals surface area contributed by atoms with Crippen LogP contribution in [0.5, 0.6) is 0 Å². The average Bonchev–Trinajstić information content (AvgIpc) is 2.61. The van der Waals surface area contributed by atoms with Crippen molar-refractivity contribution in [2.45, 2.75) is 57.7 Å². The van der Waals surface area contributed by atoms with E-state index in [-0.39, 0.29) is 12.3 Å². The minimum Gasteiger partial charge on any atom is -0.481 e. The zero-order valence-electron chi connectivity index (χ0n) is 15.5. The highest BCUT2D eigenvalue weighted by Gasteiger charge is 2.34. The molecule has 3 rings (SSSR count). The number of carboxylic acids is 1. The quantitative estimate of drug-likeness (QED) is 0.760. The summed E-state index contributed by atoms with van der Waals surface area (Å²) in [5.41, 5.74) is 0.218. The van der Waals surface area contributed by atoms with Crippen LogP contribution in [0.2, 0.25) is 0 Å². The van der Waals surface area contributed by atoms with Gasteiger partial charge in [-0.15, -0.1) is 0 Å². The second-order valence-electron chi connectivity index (χ2n) is 8.25. The molecule has 1 saturated heterocycles. The Bertz CT molecular complexity index is 623. The molecule has 6 heteroatoms. The fourth-order valence-electron chi connectivity index (χ4n) is 4.88. The highest BCUT2D eigenvalue weighted by Crippen LogP contribution is 2.38. The fourth-order valence-corrected chi connectivity index (χ4v) is 4.88. The molecule has 2 fully saturated rings. The number of aliphatic carboxylic acids is 1. The monoisotopic (exact) mass is 383 g/mol. The van der Waals surface area contributed by atoms with Gasteiger partial charge >= 0.3 is 12.1 Å². The van der Waals surface area contributed by atoms with Gasteiger partial charge in [-0.05, 0) is 41.9 Å². The number of rotatable bonds is 5. The Kier molecular flexibility index (Phi) is 6.45. The van der Waals surface area contributed by atoms with Crippen LogP contribution in [-0.2, 0) is 17.5 Å². The molecule has 0 aromatic heterocycles. The second-order valence-corrected chi connectivity index (χ2v) is 8.25. The van der Waals surface area contributed by atoms with Gasteiger partial charge in [-0.2, -0.15) is 13.2 Å². The Labute approximate surface area is 158 Å². The zero-order valence-corrected chi connectivity index (χ0v) is 15.5. The SMILES string of the molecule is O=C(O)C[C@H]1C[C@H](C2CCCCC2)CN(Cc2ccc(C(F)(F)F)cc2)C1. The van der Waals surface area contributed by atoms with Gasteiger partial charge in [-0.25, -0.2) is 0 Å². The lowest BCUT2D eigenvalue weighted by atomic mass is 9.73. The lowest BCUT2D eigenvalue weighted by Gasteiger charge is -2.42. The summed E-state index contributed by atoms with van der Waals surface area (Å²) in [6.07, 6.45) is 3.05. The molecule has 1 aliphatic heterocycles. The van der Waals surface area contributed by atoms with Crippen molar-refractivity contribution in [3.05, 3.63) is 35.4 Å². The van der Waals surface area contributed by atoms with Gasteiger partial charge in [0.15, 0.2) is 0 Å². The van der Waals surface area contributed by atoms with Gasteiger partial charge in [-0.1, -0.05) is 44.2 Å². The minimum absolute atomic E-state index is 0.123. The van der Waals surface area contributed by atoms with Crippen LogP contribution >= 0.6 is 0 Å². The molecular formula is C21H28F3NO2. The first kappa shape index (κ1) is 20.2. The number of carbonyl (C=O) groups is 1.